The smallest absolute Gasteiger partial charge is 0.364 e. The quantitative estimate of drug-likeness (QED) is 0.0509. The van der Waals surface area contributed by atoms with E-state index in [-0.39, 0.29) is 46.8 Å². The molecule has 5 aliphatic rings. The number of carbonyl (C=O) groups excluding carboxylic acids is 4. The molecule has 0 saturated heterocycles. The van der Waals surface area contributed by atoms with Gasteiger partial charge in [0.1, 0.15) is 16.5 Å². The third-order valence-corrected chi connectivity index (χ3v) is 18.4. The Morgan fingerprint density at radius 1 is 0.742 bits per heavy atom. The zero-order valence-electron chi connectivity index (χ0n) is 48.9. The first kappa shape index (κ1) is 58.4. The van der Waals surface area contributed by atoms with Gasteiger partial charge >= 0.3 is 17.9 Å². The van der Waals surface area contributed by atoms with E-state index in [1.165, 1.54) is 18.7 Å². The van der Waals surface area contributed by atoms with E-state index in [0.717, 1.165) is 75.4 Å². The number of aliphatic imine (C=N–C) groups is 3. The van der Waals surface area contributed by atoms with Crippen LogP contribution < -0.4 is 9.64 Å². The van der Waals surface area contributed by atoms with E-state index in [1.807, 2.05) is 178 Å². The largest absolute Gasteiger partial charge is 0.498 e. The van der Waals surface area contributed by atoms with Crippen LogP contribution in [0, 0.1) is 5.92 Å². The molecule has 6 aromatic carbocycles. The highest BCUT2D eigenvalue weighted by Crippen LogP contribution is 2.49. The van der Waals surface area contributed by atoms with E-state index in [4.69, 9.17) is 33.7 Å². The Labute approximate surface area is 530 Å². The Hall–Kier alpha value is -9.62. The van der Waals surface area contributed by atoms with Gasteiger partial charge in [-0.3, -0.25) is 9.36 Å². The van der Waals surface area contributed by atoms with Crippen molar-refractivity contribution in [3.05, 3.63) is 252 Å². The molecule has 1 aliphatic carbocycles. The lowest BCUT2D eigenvalue weighted by molar-refractivity contribution is -0.130. The second kappa shape index (κ2) is 24.9. The molecule has 89 heavy (non-hydrogen) atoms. The minimum atomic E-state index is -0.599. The summed E-state index contributed by atoms with van der Waals surface area (Å²) < 4.78 is 31.7. The Balaban J connectivity index is 0.805. The van der Waals surface area contributed by atoms with Crippen molar-refractivity contribution < 1.29 is 42.9 Å². The lowest BCUT2D eigenvalue weighted by Gasteiger charge is -2.32. The van der Waals surface area contributed by atoms with Gasteiger partial charge in [0.25, 0.3) is 0 Å². The van der Waals surface area contributed by atoms with Crippen LogP contribution in [0.3, 0.4) is 0 Å². The van der Waals surface area contributed by atoms with Crippen LogP contribution in [-0.2, 0) is 39.8 Å². The van der Waals surface area contributed by atoms with Gasteiger partial charge in [-0.15, -0.1) is 0 Å². The average molecular weight is 1280 g/mol. The number of anilines is 1. The van der Waals surface area contributed by atoms with Crippen molar-refractivity contribution >= 4 is 116 Å². The Bertz CT molecular complexity index is 4510. The number of methoxy groups -OCH3 is 1. The average Bonchev–Trinajstić information content (AvgIpc) is 1.77. The molecule has 4 aliphatic heterocycles. The molecule has 13 rings (SSSR count). The molecule has 0 spiro atoms. The summed E-state index contributed by atoms with van der Waals surface area (Å²) in [5.74, 6) is -0.250. The first-order valence-corrected chi connectivity index (χ1v) is 31.3. The number of benzene rings is 6. The first-order valence-electron chi connectivity index (χ1n) is 28.9. The Kier molecular flexibility index (Phi) is 16.3. The molecular weight excluding hydrogens is 1220 g/mol. The molecule has 0 N–H and O–H groups in total. The standard InChI is InChI=1S/C71H55BrN6O9S2/c1-6-43(64-71(82)87-67(75-64)44-14-10-8-11-15-44)37-61-77(58-38-52(83-5)27-29-60(58)89-61)31-30-42-18-20-45(21-19-42)65-73-55(69(80)85-65)34-49-32-48-36-59(84-7-2)40(3)62(63(48)76-68(49)88-53-16-12-9-13-17-53)47-24-28-57-54(33-47)50(39-78(57)41(4)79)35-56-70(81)86-66(74-56)46-22-25-51(72)26-23-46/h8-29,32-40,62H,6-7,30-31H2,1-5H3/b55-34-,56-35-,61-37-,64-43+. The fourth-order valence-electron chi connectivity index (χ4n) is 11.3. The van der Waals surface area contributed by atoms with Gasteiger partial charge in [0.15, 0.2) is 17.1 Å². The van der Waals surface area contributed by atoms with Crippen molar-refractivity contribution in [2.45, 2.75) is 61.3 Å². The van der Waals surface area contributed by atoms with E-state index < -0.39 is 17.9 Å². The summed E-state index contributed by atoms with van der Waals surface area (Å²) in [5.41, 5.74) is 9.75. The Morgan fingerprint density at radius 3 is 2.07 bits per heavy atom. The number of rotatable bonds is 16. The predicted octanol–water partition coefficient (Wildman–Crippen LogP) is 15.1. The van der Waals surface area contributed by atoms with Crippen LogP contribution in [0.5, 0.6) is 5.75 Å². The number of aromatic nitrogens is 2. The highest BCUT2D eigenvalue weighted by atomic mass is 79.9. The van der Waals surface area contributed by atoms with E-state index in [2.05, 4.69) is 37.7 Å². The number of ether oxygens (including phenoxy) is 5. The fourth-order valence-corrected chi connectivity index (χ4v) is 13.6. The summed E-state index contributed by atoms with van der Waals surface area (Å²) in [6, 6.07) is 48.5. The second-order valence-corrected chi connectivity index (χ2v) is 24.4. The summed E-state index contributed by atoms with van der Waals surface area (Å²) in [5, 5.41) is 2.32. The normalized spacial score (nSPS) is 18.8. The maximum absolute atomic E-state index is 13.9. The topological polar surface area (TPSA) is 173 Å². The summed E-state index contributed by atoms with van der Waals surface area (Å²) in [7, 11) is 1.65. The summed E-state index contributed by atoms with van der Waals surface area (Å²) in [6.07, 6.45) is 10.4. The monoisotopic (exact) mass is 1280 g/mol. The lowest BCUT2D eigenvalue weighted by Crippen LogP contribution is -2.22. The lowest BCUT2D eigenvalue weighted by atomic mass is 9.77. The number of allylic oxidation sites excluding steroid dienone is 3. The molecule has 0 fully saturated rings. The highest BCUT2D eigenvalue weighted by molar-refractivity contribution is 9.10. The zero-order valence-corrected chi connectivity index (χ0v) is 52.1. The van der Waals surface area contributed by atoms with Crippen molar-refractivity contribution in [2.24, 2.45) is 20.9 Å². The van der Waals surface area contributed by atoms with Gasteiger partial charge in [-0.25, -0.2) is 34.3 Å². The molecular formula is C71H55BrN6O9S2. The summed E-state index contributed by atoms with van der Waals surface area (Å²) >= 11 is 6.55. The van der Waals surface area contributed by atoms with Crippen LogP contribution in [0.1, 0.15) is 95.0 Å². The van der Waals surface area contributed by atoms with Crippen molar-refractivity contribution in [3.8, 4) is 5.75 Å². The maximum Gasteiger partial charge on any atom is 0.364 e. The van der Waals surface area contributed by atoms with Crippen molar-refractivity contribution in [3.63, 3.8) is 0 Å². The molecule has 6 heterocycles. The molecule has 0 radical (unpaired) electrons. The van der Waals surface area contributed by atoms with Crippen molar-refractivity contribution in [2.75, 3.05) is 25.2 Å². The minimum Gasteiger partial charge on any atom is -0.498 e. The fraction of sp³-hybridized carbons (Fsp3) is 0.155. The van der Waals surface area contributed by atoms with Gasteiger partial charge < -0.3 is 28.6 Å². The molecule has 15 nitrogen and oxygen atoms in total. The number of cyclic esters (lactones) is 3. The SMILES string of the molecule is CCOC1=Cc2cc(/C=C3\N=C(c4ccc(CCN5/C(=C/C(CC)=C6/N=C(c7ccccc7)OC6=O)Sc6ccc(OC)cc65)cc4)OC3=O)c(Sc3ccccc3)nc2C(c2ccc3c(c2)c(/C=C2\N=C(c4ccc(Br)cc4)OC2=O)cn3C(C)=O)C1C. The van der Waals surface area contributed by atoms with Gasteiger partial charge in [-0.05, 0) is 152 Å². The van der Waals surface area contributed by atoms with Gasteiger partial charge in [-0.1, -0.05) is 108 Å². The number of hydrogen-bond acceptors (Lipinski definition) is 16. The second-order valence-electron chi connectivity index (χ2n) is 21.4. The molecule has 2 atom stereocenters. The molecule has 0 amide bonds. The van der Waals surface area contributed by atoms with Crippen LogP contribution in [0.25, 0.3) is 29.1 Å². The molecule has 0 saturated carbocycles. The van der Waals surface area contributed by atoms with Crippen molar-refractivity contribution in [1.82, 2.24) is 9.55 Å². The number of fused-ring (bicyclic) bond motifs is 3. The minimum absolute atomic E-state index is 0.104. The first-order chi connectivity index (χ1) is 43.3. The molecule has 2 unspecified atom stereocenters. The zero-order chi connectivity index (χ0) is 61.4. The Morgan fingerprint density at radius 2 is 1.39 bits per heavy atom. The van der Waals surface area contributed by atoms with Crippen LogP contribution in [0.4, 0.5) is 5.69 Å². The number of thioether (sulfide) groups is 1. The highest BCUT2D eigenvalue weighted by Gasteiger charge is 2.36. The van der Waals surface area contributed by atoms with Gasteiger partial charge in [0.05, 0.1) is 35.6 Å². The van der Waals surface area contributed by atoms with E-state index >= 15 is 0 Å². The van der Waals surface area contributed by atoms with Crippen LogP contribution >= 0.6 is 39.5 Å². The predicted molar refractivity (Wildman–Crippen MR) is 350 cm³/mol. The summed E-state index contributed by atoms with van der Waals surface area (Å²) in [6.45, 7) is 8.59. The molecule has 18 heteroatoms. The number of nitrogens with zero attached hydrogens (tertiary/aromatic N) is 6. The van der Waals surface area contributed by atoms with Gasteiger partial charge in [0.2, 0.25) is 23.6 Å². The third kappa shape index (κ3) is 11.9. The summed E-state index contributed by atoms with van der Waals surface area (Å²) in [4.78, 5) is 77.4. The van der Waals surface area contributed by atoms with Crippen LogP contribution in [-0.4, -0.2) is 71.3 Å². The molecule has 0 bridgehead atoms. The number of carbonyl (C=O) groups is 4. The van der Waals surface area contributed by atoms with E-state index in [1.54, 1.807) is 41.8 Å². The number of halogens is 1. The number of esters is 3. The maximum atomic E-state index is 13.9. The molecule has 442 valence electrons. The van der Waals surface area contributed by atoms with Gasteiger partial charge in [-0.2, -0.15) is 0 Å². The van der Waals surface area contributed by atoms with Crippen LogP contribution in [0.15, 0.2) is 232 Å². The van der Waals surface area contributed by atoms with E-state index in [9.17, 15) is 19.2 Å². The van der Waals surface area contributed by atoms with E-state index in [0.29, 0.717) is 64.5 Å². The molecule has 8 aromatic rings. The van der Waals surface area contributed by atoms with Crippen LogP contribution in [0.2, 0.25) is 0 Å². The third-order valence-electron chi connectivity index (χ3n) is 15.7. The van der Waals surface area contributed by atoms with Gasteiger partial charge in [0, 0.05) is 90.6 Å². The van der Waals surface area contributed by atoms with Crippen molar-refractivity contribution in [1.29, 1.82) is 0 Å². The number of hydrogen-bond donors (Lipinski definition) is 0. The number of pyridine rings is 1. The molecule has 2 aromatic heterocycles.